The topological polar surface area (TPSA) is 30.3 Å². The van der Waals surface area contributed by atoms with Crippen molar-refractivity contribution >= 4 is 16.5 Å². The predicted octanol–water partition coefficient (Wildman–Crippen LogP) is 7.40. The van der Waals surface area contributed by atoms with E-state index in [2.05, 4.69) is 18.0 Å². The van der Waals surface area contributed by atoms with E-state index in [9.17, 15) is 14.0 Å². The fourth-order valence-electron chi connectivity index (χ4n) is 4.14. The van der Waals surface area contributed by atoms with Crippen molar-refractivity contribution in [1.29, 1.82) is 5.26 Å². The first-order valence-corrected chi connectivity index (χ1v) is 11.4. The molecule has 0 aliphatic rings. The van der Waals surface area contributed by atoms with Gasteiger partial charge in [0.2, 0.25) is 0 Å². The monoisotopic (exact) mass is 453 g/mol. The zero-order valence-electron chi connectivity index (χ0n) is 19.4. The Bertz CT molecular complexity index is 1130. The molecule has 0 fully saturated rings. The molecule has 3 nitrogen and oxygen atoms in total. The molecule has 3 aromatic rings. The molecule has 0 atom stereocenters. The van der Waals surface area contributed by atoms with Gasteiger partial charge in [-0.05, 0) is 18.6 Å². The second-order valence-electron chi connectivity index (χ2n) is 8.27. The number of rotatable bonds is 10. The van der Waals surface area contributed by atoms with Crippen LogP contribution in [-0.2, 0) is 12.5 Å². The maximum atomic E-state index is 15.0. The number of hydrazine groups is 1. The van der Waals surface area contributed by atoms with Crippen molar-refractivity contribution in [2.24, 2.45) is 0 Å². The molecule has 3 rings (SSSR count). The SMILES string of the molecule is CCCCCN(c1ccc(C#N)c2ccccc12)N(CC)Cc1cccc(C(C)(F)F)c1F. The van der Waals surface area contributed by atoms with Gasteiger partial charge in [-0.2, -0.15) is 5.26 Å². The summed E-state index contributed by atoms with van der Waals surface area (Å²) >= 11 is 0. The molecule has 174 valence electrons. The maximum Gasteiger partial charge on any atom is 0.273 e. The van der Waals surface area contributed by atoms with E-state index in [1.807, 2.05) is 42.3 Å². The standard InChI is InChI=1S/C27H30F3N3/c1-4-6-9-17-33(25-16-15-20(18-31)22-12-7-8-13-23(22)25)32(5-2)19-21-11-10-14-24(26(21)28)27(3,29)30/h7-8,10-16H,4-6,9,17,19H2,1-3H3. The van der Waals surface area contributed by atoms with Crippen LogP contribution in [0.2, 0.25) is 0 Å². The molecule has 0 aromatic heterocycles. The Hall–Kier alpha value is -3.04. The van der Waals surface area contributed by atoms with E-state index < -0.39 is 17.3 Å². The molecular formula is C27H30F3N3. The van der Waals surface area contributed by atoms with Crippen molar-refractivity contribution in [2.75, 3.05) is 18.1 Å². The first kappa shape index (κ1) is 24.6. The van der Waals surface area contributed by atoms with E-state index in [0.29, 0.717) is 25.6 Å². The minimum atomic E-state index is -3.25. The zero-order chi connectivity index (χ0) is 24.0. The zero-order valence-corrected chi connectivity index (χ0v) is 19.4. The van der Waals surface area contributed by atoms with Crippen LogP contribution in [0.15, 0.2) is 54.6 Å². The lowest BCUT2D eigenvalue weighted by molar-refractivity contribution is 0.0134. The number of nitriles is 1. The molecule has 0 saturated carbocycles. The summed E-state index contributed by atoms with van der Waals surface area (Å²) in [7, 11) is 0. The average molecular weight is 454 g/mol. The van der Waals surface area contributed by atoms with Crippen LogP contribution in [0.3, 0.4) is 0 Å². The van der Waals surface area contributed by atoms with E-state index >= 15 is 4.39 Å². The lowest BCUT2D eigenvalue weighted by Crippen LogP contribution is -2.43. The second-order valence-corrected chi connectivity index (χ2v) is 8.27. The molecule has 0 radical (unpaired) electrons. The van der Waals surface area contributed by atoms with Crippen molar-refractivity contribution in [3.63, 3.8) is 0 Å². The van der Waals surface area contributed by atoms with Gasteiger partial charge >= 0.3 is 0 Å². The first-order chi connectivity index (χ1) is 15.8. The molecule has 0 N–H and O–H groups in total. The van der Waals surface area contributed by atoms with Gasteiger partial charge in [-0.15, -0.1) is 0 Å². The van der Waals surface area contributed by atoms with Gasteiger partial charge in [0.05, 0.1) is 22.9 Å². The molecule has 0 amide bonds. The molecule has 0 saturated heterocycles. The highest BCUT2D eigenvalue weighted by molar-refractivity contribution is 5.97. The molecular weight excluding hydrogens is 423 g/mol. The van der Waals surface area contributed by atoms with Gasteiger partial charge in [-0.25, -0.2) is 18.2 Å². The third-order valence-electron chi connectivity index (χ3n) is 5.88. The third kappa shape index (κ3) is 5.48. The lowest BCUT2D eigenvalue weighted by atomic mass is 10.0. The summed E-state index contributed by atoms with van der Waals surface area (Å²) in [6.07, 6.45) is 3.02. The highest BCUT2D eigenvalue weighted by Crippen LogP contribution is 2.33. The summed E-state index contributed by atoms with van der Waals surface area (Å²) in [5.41, 5.74) is 1.15. The smallest absolute Gasteiger partial charge is 0.273 e. The summed E-state index contributed by atoms with van der Waals surface area (Å²) in [5, 5.41) is 15.4. The van der Waals surface area contributed by atoms with Crippen molar-refractivity contribution in [2.45, 2.75) is 52.5 Å². The van der Waals surface area contributed by atoms with Crippen LogP contribution in [-0.4, -0.2) is 18.1 Å². The van der Waals surface area contributed by atoms with Crippen LogP contribution >= 0.6 is 0 Å². The summed E-state index contributed by atoms with van der Waals surface area (Å²) in [5.74, 6) is -4.11. The van der Waals surface area contributed by atoms with E-state index in [1.54, 1.807) is 12.1 Å². The van der Waals surface area contributed by atoms with Crippen LogP contribution in [0.4, 0.5) is 18.9 Å². The van der Waals surface area contributed by atoms with Gasteiger partial charge in [0.25, 0.3) is 5.92 Å². The Kier molecular flexibility index (Phi) is 7.99. The molecule has 3 aromatic carbocycles. The summed E-state index contributed by atoms with van der Waals surface area (Å²) < 4.78 is 42.8. The van der Waals surface area contributed by atoms with Crippen LogP contribution in [0.1, 0.15) is 56.7 Å². The number of fused-ring (bicyclic) bond motifs is 1. The molecule has 6 heteroatoms. The van der Waals surface area contributed by atoms with Crippen LogP contribution in [0.5, 0.6) is 0 Å². The number of unbranched alkanes of at least 4 members (excludes halogenated alkanes) is 2. The Morgan fingerprint density at radius 1 is 0.939 bits per heavy atom. The first-order valence-electron chi connectivity index (χ1n) is 11.4. The summed E-state index contributed by atoms with van der Waals surface area (Å²) in [6.45, 7) is 6.23. The second kappa shape index (κ2) is 10.7. The Morgan fingerprint density at radius 2 is 1.67 bits per heavy atom. The highest BCUT2D eigenvalue weighted by atomic mass is 19.3. The summed E-state index contributed by atoms with van der Waals surface area (Å²) in [4.78, 5) is 0. The van der Waals surface area contributed by atoms with Gasteiger partial charge in [0.1, 0.15) is 5.82 Å². The quantitative estimate of drug-likeness (QED) is 0.237. The van der Waals surface area contributed by atoms with Crippen molar-refractivity contribution in [3.8, 4) is 6.07 Å². The van der Waals surface area contributed by atoms with E-state index in [4.69, 9.17) is 0 Å². The number of alkyl halides is 2. The third-order valence-corrected chi connectivity index (χ3v) is 5.88. The average Bonchev–Trinajstić information content (AvgIpc) is 2.80. The van der Waals surface area contributed by atoms with Crippen molar-refractivity contribution in [1.82, 2.24) is 5.01 Å². The van der Waals surface area contributed by atoms with E-state index in [-0.39, 0.29) is 12.1 Å². The number of benzene rings is 3. The van der Waals surface area contributed by atoms with Crippen molar-refractivity contribution in [3.05, 3.63) is 77.1 Å². The van der Waals surface area contributed by atoms with E-state index in [0.717, 1.165) is 41.8 Å². The normalized spacial score (nSPS) is 11.7. The highest BCUT2D eigenvalue weighted by Gasteiger charge is 2.30. The minimum absolute atomic E-state index is 0.159. The minimum Gasteiger partial charge on any atom is -0.305 e. The Morgan fingerprint density at radius 3 is 2.30 bits per heavy atom. The number of halogens is 3. The van der Waals surface area contributed by atoms with Gasteiger partial charge in [-0.3, -0.25) is 0 Å². The molecule has 33 heavy (non-hydrogen) atoms. The molecule has 0 aliphatic heterocycles. The van der Waals surface area contributed by atoms with Gasteiger partial charge in [0, 0.05) is 42.9 Å². The largest absolute Gasteiger partial charge is 0.305 e. The molecule has 0 heterocycles. The predicted molar refractivity (Wildman–Crippen MR) is 128 cm³/mol. The summed E-state index contributed by atoms with van der Waals surface area (Å²) in [6, 6.07) is 17.9. The molecule has 0 unspecified atom stereocenters. The van der Waals surface area contributed by atoms with Crippen LogP contribution in [0, 0.1) is 17.1 Å². The molecule has 0 aliphatic carbocycles. The lowest BCUT2D eigenvalue weighted by Gasteiger charge is -2.37. The molecule has 0 spiro atoms. The fourth-order valence-corrected chi connectivity index (χ4v) is 4.14. The number of nitrogens with zero attached hydrogens (tertiary/aromatic N) is 3. The maximum absolute atomic E-state index is 15.0. The Labute approximate surface area is 194 Å². The number of hydrogen-bond donors (Lipinski definition) is 0. The number of hydrogen-bond acceptors (Lipinski definition) is 3. The van der Waals surface area contributed by atoms with E-state index in [1.165, 1.54) is 6.07 Å². The van der Waals surface area contributed by atoms with Gasteiger partial charge in [0.15, 0.2) is 0 Å². The van der Waals surface area contributed by atoms with Gasteiger partial charge in [-0.1, -0.05) is 69.2 Å². The van der Waals surface area contributed by atoms with Gasteiger partial charge < -0.3 is 5.01 Å². The van der Waals surface area contributed by atoms with Crippen LogP contribution < -0.4 is 5.01 Å². The molecule has 0 bridgehead atoms. The number of anilines is 1. The fraction of sp³-hybridized carbons (Fsp3) is 0.370. The Balaban J connectivity index is 2.06. The van der Waals surface area contributed by atoms with Crippen molar-refractivity contribution < 1.29 is 13.2 Å². The van der Waals surface area contributed by atoms with Crippen LogP contribution in [0.25, 0.3) is 10.8 Å².